The van der Waals surface area contributed by atoms with E-state index in [1.165, 1.54) is 17.8 Å². The Bertz CT molecular complexity index is 1050. The molecule has 0 saturated heterocycles. The first-order valence-corrected chi connectivity index (χ1v) is 10.5. The van der Waals surface area contributed by atoms with Gasteiger partial charge in [0, 0.05) is 18.3 Å². The van der Waals surface area contributed by atoms with Gasteiger partial charge >= 0.3 is 0 Å². The number of aryl methyl sites for hydroxylation is 1. The van der Waals surface area contributed by atoms with E-state index in [1.54, 1.807) is 35.9 Å². The van der Waals surface area contributed by atoms with Crippen LogP contribution in [-0.4, -0.2) is 33.0 Å². The summed E-state index contributed by atoms with van der Waals surface area (Å²) in [6.45, 7) is 2.04. The third-order valence-corrected chi connectivity index (χ3v) is 5.11. The Balaban J connectivity index is 1.54. The maximum absolute atomic E-state index is 12.5. The van der Waals surface area contributed by atoms with E-state index in [0.717, 1.165) is 5.56 Å². The van der Waals surface area contributed by atoms with Crippen LogP contribution in [0.15, 0.2) is 70.1 Å². The molecule has 0 aliphatic carbocycles. The van der Waals surface area contributed by atoms with Crippen molar-refractivity contribution in [3.63, 3.8) is 0 Å². The molecule has 3 rings (SSSR count). The zero-order chi connectivity index (χ0) is 21.3. The normalized spacial score (nSPS) is 11.6. The van der Waals surface area contributed by atoms with Crippen LogP contribution in [-0.2, 0) is 16.1 Å². The van der Waals surface area contributed by atoms with Gasteiger partial charge in [-0.25, -0.2) is 0 Å². The number of hydrogen-bond donors (Lipinski definition) is 2. The molecule has 0 spiro atoms. The van der Waals surface area contributed by atoms with Gasteiger partial charge in [0.05, 0.1) is 24.1 Å². The Morgan fingerprint density at radius 2 is 1.83 bits per heavy atom. The molecular formula is C21H22N4O4S. The van der Waals surface area contributed by atoms with Crippen molar-refractivity contribution in [1.82, 2.24) is 15.0 Å². The quantitative estimate of drug-likeness (QED) is 0.544. The van der Waals surface area contributed by atoms with Gasteiger partial charge in [-0.2, -0.15) is 0 Å². The highest BCUT2D eigenvalue weighted by Crippen LogP contribution is 2.15. The molecule has 0 saturated carbocycles. The van der Waals surface area contributed by atoms with Crippen LogP contribution in [0.3, 0.4) is 0 Å². The maximum Gasteiger partial charge on any atom is 0.250 e. The van der Waals surface area contributed by atoms with E-state index in [4.69, 9.17) is 4.52 Å². The van der Waals surface area contributed by atoms with Crippen LogP contribution in [0.4, 0.5) is 5.82 Å². The molecule has 8 nitrogen and oxygen atoms in total. The second-order valence-corrected chi connectivity index (χ2v) is 7.57. The van der Waals surface area contributed by atoms with Gasteiger partial charge in [0.25, 0.3) is 5.56 Å². The summed E-state index contributed by atoms with van der Waals surface area (Å²) >= 11 is 1.19. The van der Waals surface area contributed by atoms with Gasteiger partial charge in [-0.1, -0.05) is 41.6 Å². The smallest absolute Gasteiger partial charge is 0.250 e. The summed E-state index contributed by atoms with van der Waals surface area (Å²) in [5, 5.41) is 9.26. The zero-order valence-electron chi connectivity index (χ0n) is 16.4. The van der Waals surface area contributed by atoms with Gasteiger partial charge in [0.1, 0.15) is 5.76 Å². The first-order valence-electron chi connectivity index (χ1n) is 9.32. The number of nitrogens with one attached hydrogen (secondary N) is 2. The van der Waals surface area contributed by atoms with E-state index in [0.29, 0.717) is 18.1 Å². The zero-order valence-corrected chi connectivity index (χ0v) is 17.2. The monoisotopic (exact) mass is 426 g/mol. The minimum Gasteiger partial charge on any atom is -0.360 e. The highest BCUT2D eigenvalue weighted by molar-refractivity contribution is 8.00. The van der Waals surface area contributed by atoms with Crippen LogP contribution in [0, 0.1) is 6.92 Å². The van der Waals surface area contributed by atoms with Crippen molar-refractivity contribution >= 4 is 29.4 Å². The fourth-order valence-corrected chi connectivity index (χ4v) is 3.43. The second-order valence-electron chi connectivity index (χ2n) is 6.59. The Morgan fingerprint density at radius 3 is 2.53 bits per heavy atom. The molecule has 3 aromatic rings. The lowest BCUT2D eigenvalue weighted by molar-refractivity contribution is -0.119. The number of amides is 2. The van der Waals surface area contributed by atoms with Gasteiger partial charge in [-0.3, -0.25) is 14.4 Å². The topological polar surface area (TPSA) is 106 Å². The minimum atomic E-state index is -0.369. The van der Waals surface area contributed by atoms with E-state index in [2.05, 4.69) is 15.8 Å². The molecule has 0 bridgehead atoms. The Labute approximate surface area is 177 Å². The lowest BCUT2D eigenvalue weighted by Crippen LogP contribution is -2.35. The fraction of sp³-hybridized carbons (Fsp3) is 0.238. The molecule has 30 heavy (non-hydrogen) atoms. The van der Waals surface area contributed by atoms with E-state index < -0.39 is 0 Å². The highest BCUT2D eigenvalue weighted by atomic mass is 32.2. The minimum absolute atomic E-state index is 0.105. The number of thioether (sulfide) groups is 1. The number of carbonyl (C=O) groups excluding carboxylic acids is 2. The van der Waals surface area contributed by atoms with Crippen molar-refractivity contribution < 1.29 is 14.1 Å². The van der Waals surface area contributed by atoms with Crippen molar-refractivity contribution in [1.29, 1.82) is 0 Å². The summed E-state index contributed by atoms with van der Waals surface area (Å²) in [7, 11) is 0. The van der Waals surface area contributed by atoms with Crippen molar-refractivity contribution in [2.75, 3.05) is 16.8 Å². The highest BCUT2D eigenvalue weighted by Gasteiger charge is 2.16. The molecule has 2 amide bonds. The number of hydrogen-bond acceptors (Lipinski definition) is 6. The predicted octanol–water partition coefficient (Wildman–Crippen LogP) is 2.37. The Kier molecular flexibility index (Phi) is 7.45. The summed E-state index contributed by atoms with van der Waals surface area (Å²) in [4.78, 5) is 36.5. The molecule has 156 valence electrons. The first-order chi connectivity index (χ1) is 14.5. The number of benzene rings is 1. The molecular weight excluding hydrogens is 404 g/mol. The van der Waals surface area contributed by atoms with Gasteiger partial charge in [-0.15, -0.1) is 11.8 Å². The number of nitrogens with zero attached hydrogens (tertiary/aromatic N) is 2. The Morgan fingerprint density at radius 1 is 1.10 bits per heavy atom. The van der Waals surface area contributed by atoms with Crippen LogP contribution < -0.4 is 16.2 Å². The van der Waals surface area contributed by atoms with E-state index in [1.807, 2.05) is 30.3 Å². The van der Waals surface area contributed by atoms with Crippen LogP contribution in [0.25, 0.3) is 0 Å². The number of rotatable bonds is 9. The van der Waals surface area contributed by atoms with Gasteiger partial charge in [0.2, 0.25) is 11.8 Å². The summed E-state index contributed by atoms with van der Waals surface area (Å²) < 4.78 is 6.45. The third-order valence-electron chi connectivity index (χ3n) is 4.18. The van der Waals surface area contributed by atoms with Gasteiger partial charge in [-0.05, 0) is 18.6 Å². The molecule has 0 aliphatic heterocycles. The molecule has 0 aliphatic rings. The average molecular weight is 426 g/mol. The third kappa shape index (κ3) is 6.35. The predicted molar refractivity (Wildman–Crippen MR) is 115 cm³/mol. The molecule has 1 unspecified atom stereocenters. The summed E-state index contributed by atoms with van der Waals surface area (Å²) in [6.07, 6.45) is 1.69. The lowest BCUT2D eigenvalue weighted by Gasteiger charge is -2.20. The number of anilines is 1. The van der Waals surface area contributed by atoms with Crippen molar-refractivity contribution in [2.45, 2.75) is 19.5 Å². The average Bonchev–Trinajstić information content (AvgIpc) is 3.14. The van der Waals surface area contributed by atoms with Crippen LogP contribution in [0.2, 0.25) is 0 Å². The van der Waals surface area contributed by atoms with Crippen LogP contribution in [0.1, 0.15) is 17.4 Å². The fourth-order valence-electron chi connectivity index (χ4n) is 2.80. The van der Waals surface area contributed by atoms with E-state index in [-0.39, 0.29) is 34.9 Å². The Hall–Kier alpha value is -3.33. The van der Waals surface area contributed by atoms with Crippen molar-refractivity contribution in [3.05, 3.63) is 82.5 Å². The number of aromatic nitrogens is 2. The maximum atomic E-state index is 12.5. The SMILES string of the molecule is Cc1cc(NC(=O)CSCC(=O)NC(Cn2ccccc2=O)c2ccccc2)no1. The summed E-state index contributed by atoms with van der Waals surface area (Å²) in [6, 6.07) is 15.6. The lowest BCUT2D eigenvalue weighted by atomic mass is 10.1. The summed E-state index contributed by atoms with van der Waals surface area (Å²) in [5.41, 5.74) is 0.757. The second kappa shape index (κ2) is 10.4. The molecule has 1 aromatic carbocycles. The van der Waals surface area contributed by atoms with Crippen molar-refractivity contribution in [2.24, 2.45) is 0 Å². The number of pyridine rings is 1. The molecule has 1 atom stereocenters. The van der Waals surface area contributed by atoms with Crippen molar-refractivity contribution in [3.8, 4) is 0 Å². The summed E-state index contributed by atoms with van der Waals surface area (Å²) in [5.74, 6) is 0.674. The van der Waals surface area contributed by atoms with Crippen LogP contribution >= 0.6 is 11.8 Å². The first kappa shape index (κ1) is 21.4. The molecule has 0 radical (unpaired) electrons. The molecule has 0 fully saturated rings. The van der Waals surface area contributed by atoms with Gasteiger partial charge in [0.15, 0.2) is 5.82 Å². The largest absolute Gasteiger partial charge is 0.360 e. The van der Waals surface area contributed by atoms with Crippen LogP contribution in [0.5, 0.6) is 0 Å². The van der Waals surface area contributed by atoms with E-state index in [9.17, 15) is 14.4 Å². The molecule has 2 aromatic heterocycles. The molecule has 9 heteroatoms. The number of carbonyl (C=O) groups is 2. The molecule has 2 N–H and O–H groups in total. The standard InChI is InChI=1S/C21H22N4O4S/c1-15-11-18(24-29-15)23-20(27)14-30-13-19(26)22-17(16-7-3-2-4-8-16)12-25-10-6-5-9-21(25)28/h2-11,17H,12-14H2,1H3,(H,22,26)(H,23,24,27). The molecule has 2 heterocycles. The van der Waals surface area contributed by atoms with E-state index >= 15 is 0 Å². The van der Waals surface area contributed by atoms with Gasteiger partial charge < -0.3 is 19.7 Å².